The molecular weight excluding hydrogens is 398 g/mol. The molecule has 3 heterocycles. The van der Waals surface area contributed by atoms with Crippen molar-refractivity contribution in [1.82, 2.24) is 4.98 Å². The first-order valence-corrected chi connectivity index (χ1v) is 12.0. The molecule has 0 radical (unpaired) electrons. The predicted octanol–water partition coefficient (Wildman–Crippen LogP) is 3.54. The van der Waals surface area contributed by atoms with Crippen molar-refractivity contribution in [1.29, 1.82) is 0 Å². The van der Waals surface area contributed by atoms with Crippen LogP contribution >= 0.6 is 0 Å². The minimum absolute atomic E-state index is 0.0802. The zero-order valence-corrected chi connectivity index (χ0v) is 17.8. The summed E-state index contributed by atoms with van der Waals surface area (Å²) in [5.41, 5.74) is 3.92. The Bertz CT molecular complexity index is 1200. The van der Waals surface area contributed by atoms with Crippen molar-refractivity contribution in [3.8, 4) is 0 Å². The first-order chi connectivity index (χ1) is 14.5. The number of ether oxygens (including phenoxy) is 1. The highest BCUT2D eigenvalue weighted by Crippen LogP contribution is 2.32. The van der Waals surface area contributed by atoms with E-state index in [0.717, 1.165) is 41.0 Å². The van der Waals surface area contributed by atoms with Gasteiger partial charge in [0, 0.05) is 36.8 Å². The van der Waals surface area contributed by atoms with Crippen molar-refractivity contribution in [2.75, 3.05) is 35.7 Å². The summed E-state index contributed by atoms with van der Waals surface area (Å²) in [6.07, 6.45) is 0.973. The summed E-state index contributed by atoms with van der Waals surface area (Å²) in [6.45, 7) is 4.47. The SMILES string of the molecule is Cc1ccc2nc(N3CCS(=O)(=O)c4ccccc4C3)cc(NC3CCOC3)c2c1. The Kier molecular flexibility index (Phi) is 4.87. The number of anilines is 2. The Balaban J connectivity index is 1.58. The quantitative estimate of drug-likeness (QED) is 0.695. The summed E-state index contributed by atoms with van der Waals surface area (Å²) in [4.78, 5) is 7.40. The molecule has 7 heteroatoms. The van der Waals surface area contributed by atoms with Crippen molar-refractivity contribution in [3.05, 3.63) is 59.7 Å². The average Bonchev–Trinajstić information content (AvgIpc) is 3.20. The van der Waals surface area contributed by atoms with Gasteiger partial charge in [0.15, 0.2) is 9.84 Å². The Morgan fingerprint density at radius 3 is 2.87 bits per heavy atom. The van der Waals surface area contributed by atoms with Crippen LogP contribution in [0.1, 0.15) is 17.5 Å². The van der Waals surface area contributed by atoms with Gasteiger partial charge in [0.2, 0.25) is 0 Å². The first kappa shape index (κ1) is 19.3. The van der Waals surface area contributed by atoms with Gasteiger partial charge in [0.1, 0.15) is 5.82 Å². The number of nitrogens with zero attached hydrogens (tertiary/aromatic N) is 2. The lowest BCUT2D eigenvalue weighted by molar-refractivity contribution is 0.195. The molecule has 1 atom stereocenters. The summed E-state index contributed by atoms with van der Waals surface area (Å²) in [7, 11) is -3.30. The van der Waals surface area contributed by atoms with E-state index in [1.807, 2.05) is 18.2 Å². The van der Waals surface area contributed by atoms with Crippen LogP contribution in [0.4, 0.5) is 11.5 Å². The number of sulfone groups is 1. The maximum Gasteiger partial charge on any atom is 0.180 e. The third-order valence-electron chi connectivity index (χ3n) is 5.86. The lowest BCUT2D eigenvalue weighted by atomic mass is 10.1. The Hall–Kier alpha value is -2.64. The van der Waals surface area contributed by atoms with Gasteiger partial charge in [-0.2, -0.15) is 0 Å². The molecule has 1 fully saturated rings. The summed E-state index contributed by atoms with van der Waals surface area (Å²) < 4.78 is 31.0. The molecule has 0 bridgehead atoms. The number of benzene rings is 2. The molecular formula is C23H25N3O3S. The normalized spacial score (nSPS) is 20.7. The van der Waals surface area contributed by atoms with Gasteiger partial charge in [0.05, 0.1) is 28.8 Å². The zero-order chi connectivity index (χ0) is 20.7. The number of nitrogens with one attached hydrogen (secondary N) is 1. The van der Waals surface area contributed by atoms with Crippen molar-refractivity contribution in [2.45, 2.75) is 30.8 Å². The van der Waals surface area contributed by atoms with Gasteiger partial charge < -0.3 is 15.0 Å². The highest BCUT2D eigenvalue weighted by Gasteiger charge is 2.26. The van der Waals surface area contributed by atoms with E-state index in [4.69, 9.17) is 9.72 Å². The molecule has 30 heavy (non-hydrogen) atoms. The second-order valence-electron chi connectivity index (χ2n) is 8.10. The van der Waals surface area contributed by atoms with Crippen LogP contribution in [0.25, 0.3) is 10.9 Å². The molecule has 1 N–H and O–H groups in total. The third kappa shape index (κ3) is 3.63. The van der Waals surface area contributed by atoms with Crippen molar-refractivity contribution < 1.29 is 13.2 Å². The van der Waals surface area contributed by atoms with Gasteiger partial charge in [0.25, 0.3) is 0 Å². The van der Waals surface area contributed by atoms with Crippen LogP contribution in [0.2, 0.25) is 0 Å². The van der Waals surface area contributed by atoms with Crippen molar-refractivity contribution in [3.63, 3.8) is 0 Å². The molecule has 1 unspecified atom stereocenters. The second kappa shape index (κ2) is 7.56. The molecule has 1 saturated heterocycles. The number of aryl methyl sites for hydroxylation is 1. The summed E-state index contributed by atoms with van der Waals surface area (Å²) in [5, 5.41) is 4.71. The molecule has 3 aromatic rings. The van der Waals surface area contributed by atoms with E-state index in [9.17, 15) is 8.42 Å². The van der Waals surface area contributed by atoms with Crippen LogP contribution in [0, 0.1) is 6.92 Å². The van der Waals surface area contributed by atoms with E-state index >= 15 is 0 Å². The molecule has 2 aliphatic rings. The summed E-state index contributed by atoms with van der Waals surface area (Å²) in [6, 6.07) is 15.8. The molecule has 5 rings (SSSR count). The Labute approximate surface area is 176 Å². The van der Waals surface area contributed by atoms with Crippen LogP contribution in [0.3, 0.4) is 0 Å². The van der Waals surface area contributed by atoms with Crippen molar-refractivity contribution in [2.24, 2.45) is 0 Å². The smallest absolute Gasteiger partial charge is 0.180 e. The molecule has 0 saturated carbocycles. The molecule has 6 nitrogen and oxygen atoms in total. The number of fused-ring (bicyclic) bond motifs is 2. The molecule has 0 spiro atoms. The van der Waals surface area contributed by atoms with Gasteiger partial charge in [-0.15, -0.1) is 0 Å². The monoisotopic (exact) mass is 423 g/mol. The fraction of sp³-hybridized carbons (Fsp3) is 0.348. The van der Waals surface area contributed by atoms with Crippen LogP contribution < -0.4 is 10.2 Å². The first-order valence-electron chi connectivity index (χ1n) is 10.3. The van der Waals surface area contributed by atoms with E-state index in [1.54, 1.807) is 12.1 Å². The van der Waals surface area contributed by atoms with Gasteiger partial charge in [-0.1, -0.05) is 29.8 Å². The molecule has 0 aliphatic carbocycles. The van der Waals surface area contributed by atoms with Crippen LogP contribution in [0.15, 0.2) is 53.4 Å². The van der Waals surface area contributed by atoms with Gasteiger partial charge in [-0.3, -0.25) is 0 Å². The van der Waals surface area contributed by atoms with Crippen LogP contribution in [-0.4, -0.2) is 45.0 Å². The number of hydrogen-bond acceptors (Lipinski definition) is 6. The average molecular weight is 424 g/mol. The molecule has 0 amide bonds. The number of pyridine rings is 1. The number of rotatable bonds is 3. The van der Waals surface area contributed by atoms with Gasteiger partial charge in [-0.25, -0.2) is 13.4 Å². The van der Waals surface area contributed by atoms with Crippen molar-refractivity contribution >= 4 is 32.2 Å². The lowest BCUT2D eigenvalue weighted by Gasteiger charge is -2.24. The Morgan fingerprint density at radius 1 is 1.17 bits per heavy atom. The van der Waals surface area contributed by atoms with E-state index < -0.39 is 9.84 Å². The number of hydrogen-bond donors (Lipinski definition) is 1. The summed E-state index contributed by atoms with van der Waals surface area (Å²) >= 11 is 0. The predicted molar refractivity (Wildman–Crippen MR) is 119 cm³/mol. The maximum absolute atomic E-state index is 12.7. The van der Waals surface area contributed by atoms with Crippen LogP contribution in [0.5, 0.6) is 0 Å². The zero-order valence-electron chi connectivity index (χ0n) is 17.0. The highest BCUT2D eigenvalue weighted by atomic mass is 32.2. The third-order valence-corrected chi connectivity index (χ3v) is 7.65. The maximum atomic E-state index is 12.7. The fourth-order valence-electron chi connectivity index (χ4n) is 4.23. The lowest BCUT2D eigenvalue weighted by Crippen LogP contribution is -2.27. The van der Waals surface area contributed by atoms with E-state index in [1.165, 1.54) is 5.56 Å². The fourth-order valence-corrected chi connectivity index (χ4v) is 5.73. The Morgan fingerprint density at radius 2 is 2.03 bits per heavy atom. The van der Waals surface area contributed by atoms with Crippen LogP contribution in [-0.2, 0) is 21.1 Å². The minimum Gasteiger partial charge on any atom is -0.379 e. The minimum atomic E-state index is -3.30. The van der Waals surface area contributed by atoms with E-state index in [2.05, 4.69) is 35.3 Å². The molecule has 1 aromatic heterocycles. The summed E-state index contributed by atoms with van der Waals surface area (Å²) in [5.74, 6) is 0.872. The van der Waals surface area contributed by atoms with E-state index in [-0.39, 0.29) is 11.8 Å². The van der Waals surface area contributed by atoms with Gasteiger partial charge >= 0.3 is 0 Å². The number of aromatic nitrogens is 1. The largest absolute Gasteiger partial charge is 0.379 e. The molecule has 2 aromatic carbocycles. The second-order valence-corrected chi connectivity index (χ2v) is 10.2. The van der Waals surface area contributed by atoms with E-state index in [0.29, 0.717) is 24.6 Å². The van der Waals surface area contributed by atoms with Gasteiger partial charge in [-0.05, 0) is 37.1 Å². The standard InChI is InChI=1S/C23H25N3O3S/c1-16-6-7-20-19(12-16)21(24-18-8-10-29-15-18)13-23(25-20)26-9-11-30(27,28)22-5-3-2-4-17(22)14-26/h2-7,12-13,18H,8-11,14-15H2,1H3,(H,24,25). The molecule has 2 aliphatic heterocycles. The molecule has 156 valence electrons. The topological polar surface area (TPSA) is 71.5 Å². The highest BCUT2D eigenvalue weighted by molar-refractivity contribution is 7.91.